The summed E-state index contributed by atoms with van der Waals surface area (Å²) in [4.78, 5) is 0. The first-order valence-electron chi connectivity index (χ1n) is 10.8. The summed E-state index contributed by atoms with van der Waals surface area (Å²) in [7, 11) is 0. The maximum atomic E-state index is 3.72. The molecule has 5 rings (SSSR count). The van der Waals surface area contributed by atoms with Crippen molar-refractivity contribution in [2.75, 3.05) is 5.32 Å². The van der Waals surface area contributed by atoms with Crippen molar-refractivity contribution in [2.24, 2.45) is 11.8 Å². The molecule has 0 radical (unpaired) electrons. The highest BCUT2D eigenvalue weighted by Gasteiger charge is 2.39. The van der Waals surface area contributed by atoms with E-state index in [9.17, 15) is 0 Å². The van der Waals surface area contributed by atoms with E-state index in [0.29, 0.717) is 0 Å². The van der Waals surface area contributed by atoms with E-state index in [1.54, 1.807) is 5.56 Å². The fourth-order valence-corrected chi connectivity index (χ4v) is 6.00. The van der Waals surface area contributed by atoms with Gasteiger partial charge in [0.15, 0.2) is 0 Å². The largest absolute Gasteiger partial charge is 0.355 e. The minimum absolute atomic E-state index is 0.737. The zero-order valence-corrected chi connectivity index (χ0v) is 15.8. The Balaban J connectivity index is 1.32. The standard InChI is InChI=1S/C25H31N/c1-2-6-19(7-3-1)23-8-4-5-9-25(23)26-22-14-12-20(13-15-22)24-17-18-10-11-21(24)16-18/h4-5,8-9,12-15,18-19,21,24,26H,1-3,6-7,10-11,16-17H2. The maximum absolute atomic E-state index is 3.72. The van der Waals surface area contributed by atoms with Crippen molar-refractivity contribution in [3.05, 3.63) is 59.7 Å². The lowest BCUT2D eigenvalue weighted by Crippen LogP contribution is -2.08. The second kappa shape index (κ2) is 7.10. The van der Waals surface area contributed by atoms with Crippen LogP contribution in [-0.2, 0) is 0 Å². The van der Waals surface area contributed by atoms with Crippen LogP contribution in [0.2, 0.25) is 0 Å². The van der Waals surface area contributed by atoms with E-state index in [2.05, 4.69) is 53.8 Å². The van der Waals surface area contributed by atoms with Gasteiger partial charge in [0, 0.05) is 11.4 Å². The molecule has 3 aliphatic carbocycles. The van der Waals surface area contributed by atoms with Gasteiger partial charge in [-0.2, -0.15) is 0 Å². The minimum Gasteiger partial charge on any atom is -0.355 e. The quantitative estimate of drug-likeness (QED) is 0.609. The molecule has 1 N–H and O–H groups in total. The second-order valence-electron chi connectivity index (χ2n) is 8.95. The van der Waals surface area contributed by atoms with Gasteiger partial charge in [-0.1, -0.05) is 56.0 Å². The lowest BCUT2D eigenvalue weighted by Gasteiger charge is -2.25. The molecule has 3 atom stereocenters. The van der Waals surface area contributed by atoms with Gasteiger partial charge in [0.25, 0.3) is 0 Å². The Morgan fingerprint density at radius 1 is 0.731 bits per heavy atom. The van der Waals surface area contributed by atoms with Crippen molar-refractivity contribution >= 4 is 11.4 Å². The normalized spacial score (nSPS) is 28.4. The van der Waals surface area contributed by atoms with E-state index in [4.69, 9.17) is 0 Å². The minimum atomic E-state index is 0.737. The first-order valence-corrected chi connectivity index (χ1v) is 10.8. The molecule has 2 aromatic carbocycles. The van der Waals surface area contributed by atoms with Gasteiger partial charge in [0.1, 0.15) is 0 Å². The average molecular weight is 346 g/mol. The number of nitrogens with one attached hydrogen (secondary N) is 1. The molecule has 3 saturated carbocycles. The molecule has 0 aliphatic heterocycles. The summed E-state index contributed by atoms with van der Waals surface area (Å²) in [5.74, 6) is 3.55. The summed E-state index contributed by atoms with van der Waals surface area (Å²) in [5, 5.41) is 3.72. The molecule has 3 fully saturated rings. The molecule has 0 heterocycles. The van der Waals surface area contributed by atoms with Crippen molar-refractivity contribution in [1.29, 1.82) is 0 Å². The number of hydrogen-bond donors (Lipinski definition) is 1. The van der Waals surface area contributed by atoms with Crippen LogP contribution >= 0.6 is 0 Å². The third-order valence-electron chi connectivity index (χ3n) is 7.36. The first kappa shape index (κ1) is 16.4. The topological polar surface area (TPSA) is 12.0 Å². The van der Waals surface area contributed by atoms with Crippen LogP contribution < -0.4 is 5.32 Å². The van der Waals surface area contributed by atoms with Crippen LogP contribution in [0.4, 0.5) is 11.4 Å². The molecular weight excluding hydrogens is 314 g/mol. The molecule has 2 bridgehead atoms. The first-order chi connectivity index (χ1) is 12.9. The van der Waals surface area contributed by atoms with Crippen molar-refractivity contribution < 1.29 is 0 Å². The van der Waals surface area contributed by atoms with E-state index in [1.807, 2.05) is 0 Å². The van der Waals surface area contributed by atoms with Gasteiger partial charge < -0.3 is 5.32 Å². The number of benzene rings is 2. The lowest BCUT2D eigenvalue weighted by molar-refractivity contribution is 0.420. The summed E-state index contributed by atoms with van der Waals surface area (Å²) >= 11 is 0. The van der Waals surface area contributed by atoms with Gasteiger partial charge in [-0.05, 0) is 85.1 Å². The lowest BCUT2D eigenvalue weighted by atomic mass is 9.83. The third kappa shape index (κ3) is 3.17. The number of fused-ring (bicyclic) bond motifs is 2. The Morgan fingerprint density at radius 3 is 2.27 bits per heavy atom. The van der Waals surface area contributed by atoms with E-state index < -0.39 is 0 Å². The van der Waals surface area contributed by atoms with Gasteiger partial charge >= 0.3 is 0 Å². The highest BCUT2D eigenvalue weighted by atomic mass is 14.9. The Labute approximate surface area is 158 Å². The Hall–Kier alpha value is -1.76. The SMILES string of the molecule is c1ccc(C2CCCCC2)c(Nc2ccc(C3CC4CCC3C4)cc2)c1. The highest BCUT2D eigenvalue weighted by molar-refractivity contribution is 5.64. The fraction of sp³-hybridized carbons (Fsp3) is 0.520. The molecular formula is C25H31N. The van der Waals surface area contributed by atoms with Gasteiger partial charge in [0.2, 0.25) is 0 Å². The summed E-state index contributed by atoms with van der Waals surface area (Å²) in [5.41, 5.74) is 5.64. The van der Waals surface area contributed by atoms with Crippen LogP contribution in [0.15, 0.2) is 48.5 Å². The predicted octanol–water partition coefficient (Wildman–Crippen LogP) is 7.38. The second-order valence-corrected chi connectivity index (χ2v) is 8.95. The van der Waals surface area contributed by atoms with Crippen molar-refractivity contribution in [3.63, 3.8) is 0 Å². The maximum Gasteiger partial charge on any atom is 0.0419 e. The van der Waals surface area contributed by atoms with Crippen LogP contribution in [0, 0.1) is 11.8 Å². The molecule has 3 unspecified atom stereocenters. The van der Waals surface area contributed by atoms with Gasteiger partial charge in [-0.25, -0.2) is 0 Å². The summed E-state index contributed by atoms with van der Waals surface area (Å²) in [6.45, 7) is 0. The Bertz CT molecular complexity index is 741. The number of para-hydroxylation sites is 1. The van der Waals surface area contributed by atoms with E-state index in [-0.39, 0.29) is 0 Å². The zero-order valence-electron chi connectivity index (χ0n) is 15.8. The molecule has 26 heavy (non-hydrogen) atoms. The van der Waals surface area contributed by atoms with Crippen molar-refractivity contribution in [2.45, 2.75) is 69.6 Å². The number of rotatable bonds is 4. The summed E-state index contributed by atoms with van der Waals surface area (Å²) in [6.07, 6.45) is 12.7. The molecule has 0 saturated heterocycles. The van der Waals surface area contributed by atoms with Crippen LogP contribution in [0.5, 0.6) is 0 Å². The number of hydrogen-bond acceptors (Lipinski definition) is 1. The van der Waals surface area contributed by atoms with Gasteiger partial charge in [-0.15, -0.1) is 0 Å². The van der Waals surface area contributed by atoms with E-state index in [1.165, 1.54) is 74.7 Å². The highest BCUT2D eigenvalue weighted by Crippen LogP contribution is 2.52. The van der Waals surface area contributed by atoms with Gasteiger partial charge in [-0.3, -0.25) is 0 Å². The van der Waals surface area contributed by atoms with E-state index in [0.717, 1.165) is 23.7 Å². The fourth-order valence-electron chi connectivity index (χ4n) is 6.00. The van der Waals surface area contributed by atoms with Crippen molar-refractivity contribution in [3.8, 4) is 0 Å². The van der Waals surface area contributed by atoms with Crippen LogP contribution in [0.3, 0.4) is 0 Å². The Morgan fingerprint density at radius 2 is 1.54 bits per heavy atom. The summed E-state index contributed by atoms with van der Waals surface area (Å²) in [6, 6.07) is 18.3. The smallest absolute Gasteiger partial charge is 0.0419 e. The summed E-state index contributed by atoms with van der Waals surface area (Å²) < 4.78 is 0. The molecule has 2 aromatic rings. The third-order valence-corrected chi connectivity index (χ3v) is 7.36. The number of anilines is 2. The molecule has 1 heteroatoms. The molecule has 0 aromatic heterocycles. The monoisotopic (exact) mass is 345 g/mol. The Kier molecular flexibility index (Phi) is 4.48. The van der Waals surface area contributed by atoms with Gasteiger partial charge in [0.05, 0.1) is 0 Å². The van der Waals surface area contributed by atoms with Crippen LogP contribution in [0.25, 0.3) is 0 Å². The van der Waals surface area contributed by atoms with E-state index >= 15 is 0 Å². The molecule has 0 amide bonds. The van der Waals surface area contributed by atoms with Crippen LogP contribution in [0.1, 0.15) is 80.8 Å². The van der Waals surface area contributed by atoms with Crippen LogP contribution in [-0.4, -0.2) is 0 Å². The predicted molar refractivity (Wildman–Crippen MR) is 110 cm³/mol. The van der Waals surface area contributed by atoms with Crippen molar-refractivity contribution in [1.82, 2.24) is 0 Å². The molecule has 1 nitrogen and oxygen atoms in total. The average Bonchev–Trinajstić information content (AvgIpc) is 3.33. The zero-order chi connectivity index (χ0) is 17.3. The molecule has 3 aliphatic rings. The molecule has 136 valence electrons. The molecule has 0 spiro atoms.